The molecule has 0 spiro atoms. The van der Waals surface area contributed by atoms with Gasteiger partial charge in [-0.15, -0.1) is 0 Å². The molecule has 4 heteroatoms. The van der Waals surface area contributed by atoms with E-state index in [1.54, 1.807) is 7.11 Å². The van der Waals surface area contributed by atoms with E-state index in [1.807, 2.05) is 38.1 Å². The summed E-state index contributed by atoms with van der Waals surface area (Å²) in [7, 11) is 1.61. The third-order valence-corrected chi connectivity index (χ3v) is 4.02. The average molecular weight is 277 g/mol. The van der Waals surface area contributed by atoms with Crippen LogP contribution >= 0.6 is 0 Å². The molecule has 1 atom stereocenters. The van der Waals surface area contributed by atoms with Crippen LogP contribution in [0.5, 0.6) is 5.75 Å². The Kier molecular flexibility index (Phi) is 4.04. The fourth-order valence-corrected chi connectivity index (χ4v) is 3.20. The number of hydrogen-bond donors (Lipinski definition) is 0. The highest BCUT2D eigenvalue weighted by Crippen LogP contribution is 2.44. The molecule has 0 amide bonds. The molecule has 0 aliphatic carbocycles. The Morgan fingerprint density at radius 1 is 1.35 bits per heavy atom. The molecular formula is C16H21O4-. The SMILES string of the molecule is COc1ccc(C2(CC(=O)[O-])CCOC(C)(C)C2)cc1. The monoisotopic (exact) mass is 277 g/mol. The summed E-state index contributed by atoms with van der Waals surface area (Å²) in [6.45, 7) is 4.56. The fourth-order valence-electron chi connectivity index (χ4n) is 3.20. The van der Waals surface area contributed by atoms with E-state index in [-0.39, 0.29) is 12.0 Å². The van der Waals surface area contributed by atoms with Gasteiger partial charge >= 0.3 is 0 Å². The molecule has 0 radical (unpaired) electrons. The van der Waals surface area contributed by atoms with Crippen molar-refractivity contribution in [2.75, 3.05) is 13.7 Å². The zero-order chi connectivity index (χ0) is 14.8. The zero-order valence-electron chi connectivity index (χ0n) is 12.3. The summed E-state index contributed by atoms with van der Waals surface area (Å²) in [5, 5.41) is 11.2. The van der Waals surface area contributed by atoms with E-state index in [0.717, 1.165) is 11.3 Å². The summed E-state index contributed by atoms with van der Waals surface area (Å²) in [5.41, 5.74) is 0.263. The first-order valence-electron chi connectivity index (χ1n) is 6.85. The normalized spacial score (nSPS) is 25.1. The number of aliphatic carboxylic acids is 1. The highest BCUT2D eigenvalue weighted by atomic mass is 16.5. The predicted octanol–water partition coefficient (Wildman–Crippen LogP) is 1.66. The van der Waals surface area contributed by atoms with E-state index in [0.29, 0.717) is 19.4 Å². The second kappa shape index (κ2) is 5.44. The van der Waals surface area contributed by atoms with Crippen molar-refractivity contribution in [1.29, 1.82) is 0 Å². The largest absolute Gasteiger partial charge is 0.550 e. The molecule has 1 heterocycles. The fraction of sp³-hybridized carbons (Fsp3) is 0.562. The molecule has 1 aliphatic heterocycles. The van der Waals surface area contributed by atoms with Gasteiger partial charge in [-0.2, -0.15) is 0 Å². The molecule has 1 aromatic rings. The van der Waals surface area contributed by atoms with Gasteiger partial charge in [-0.3, -0.25) is 0 Å². The molecule has 0 saturated carbocycles. The number of benzene rings is 1. The summed E-state index contributed by atoms with van der Waals surface area (Å²) in [6.07, 6.45) is 1.38. The lowest BCUT2D eigenvalue weighted by atomic mass is 9.67. The Morgan fingerprint density at radius 3 is 2.50 bits per heavy atom. The minimum absolute atomic E-state index is 0.0200. The molecule has 1 unspecified atom stereocenters. The van der Waals surface area contributed by atoms with Gasteiger partial charge in [-0.1, -0.05) is 12.1 Å². The maximum absolute atomic E-state index is 11.2. The molecule has 1 aromatic carbocycles. The van der Waals surface area contributed by atoms with Gasteiger partial charge in [0.15, 0.2) is 0 Å². The van der Waals surface area contributed by atoms with Gasteiger partial charge in [0.2, 0.25) is 0 Å². The Hall–Kier alpha value is -1.55. The van der Waals surface area contributed by atoms with Gasteiger partial charge in [0.05, 0.1) is 12.7 Å². The van der Waals surface area contributed by atoms with E-state index in [9.17, 15) is 9.90 Å². The number of carboxylic acids is 1. The average Bonchev–Trinajstić information content (AvgIpc) is 2.37. The summed E-state index contributed by atoms with van der Waals surface area (Å²) in [5.74, 6) is -0.248. The van der Waals surface area contributed by atoms with Crippen LogP contribution < -0.4 is 9.84 Å². The maximum atomic E-state index is 11.2. The van der Waals surface area contributed by atoms with Crippen molar-refractivity contribution >= 4 is 5.97 Å². The number of carbonyl (C=O) groups is 1. The molecule has 1 fully saturated rings. The van der Waals surface area contributed by atoms with Gasteiger partial charge in [-0.05, 0) is 50.8 Å². The van der Waals surface area contributed by atoms with E-state index >= 15 is 0 Å². The molecule has 110 valence electrons. The maximum Gasteiger partial charge on any atom is 0.118 e. The van der Waals surface area contributed by atoms with Crippen molar-refractivity contribution in [3.05, 3.63) is 29.8 Å². The minimum atomic E-state index is -1.02. The number of methoxy groups -OCH3 is 1. The molecule has 0 bridgehead atoms. The zero-order valence-corrected chi connectivity index (χ0v) is 12.3. The van der Waals surface area contributed by atoms with Crippen LogP contribution in [0.3, 0.4) is 0 Å². The van der Waals surface area contributed by atoms with Gasteiger partial charge in [-0.25, -0.2) is 0 Å². The van der Waals surface area contributed by atoms with Crippen molar-refractivity contribution in [3.63, 3.8) is 0 Å². The topological polar surface area (TPSA) is 58.6 Å². The molecule has 0 N–H and O–H groups in total. The van der Waals surface area contributed by atoms with Gasteiger partial charge in [0.25, 0.3) is 0 Å². The molecule has 1 saturated heterocycles. The van der Waals surface area contributed by atoms with Crippen LogP contribution in [0, 0.1) is 0 Å². The lowest BCUT2D eigenvalue weighted by Crippen LogP contribution is -2.46. The van der Waals surface area contributed by atoms with Crippen LogP contribution in [0.1, 0.15) is 38.7 Å². The highest BCUT2D eigenvalue weighted by molar-refractivity contribution is 5.67. The van der Waals surface area contributed by atoms with Crippen LogP contribution in [-0.4, -0.2) is 25.3 Å². The predicted molar refractivity (Wildman–Crippen MR) is 73.6 cm³/mol. The van der Waals surface area contributed by atoms with Crippen LogP contribution in [0.4, 0.5) is 0 Å². The number of rotatable bonds is 4. The Labute approximate surface area is 119 Å². The first kappa shape index (κ1) is 14.9. The number of carbonyl (C=O) groups excluding carboxylic acids is 1. The van der Waals surface area contributed by atoms with Crippen molar-refractivity contribution in [3.8, 4) is 5.75 Å². The lowest BCUT2D eigenvalue weighted by molar-refractivity contribution is -0.308. The van der Waals surface area contributed by atoms with Crippen LogP contribution in [0.25, 0.3) is 0 Å². The Balaban J connectivity index is 2.37. The number of ether oxygens (including phenoxy) is 2. The van der Waals surface area contributed by atoms with Crippen LogP contribution in [0.15, 0.2) is 24.3 Å². The van der Waals surface area contributed by atoms with E-state index < -0.39 is 11.4 Å². The molecule has 2 rings (SSSR count). The third-order valence-electron chi connectivity index (χ3n) is 4.02. The molecule has 4 nitrogen and oxygen atoms in total. The molecule has 20 heavy (non-hydrogen) atoms. The smallest absolute Gasteiger partial charge is 0.118 e. The number of carboxylic acid groups (broad SMARTS) is 1. The van der Waals surface area contributed by atoms with Crippen molar-refractivity contribution in [1.82, 2.24) is 0 Å². The summed E-state index contributed by atoms with van der Waals surface area (Å²) < 4.78 is 10.9. The second-order valence-electron chi connectivity index (χ2n) is 6.09. The first-order valence-corrected chi connectivity index (χ1v) is 6.85. The van der Waals surface area contributed by atoms with Gasteiger partial charge in [0.1, 0.15) is 5.75 Å². The van der Waals surface area contributed by atoms with E-state index in [1.165, 1.54) is 0 Å². The lowest BCUT2D eigenvalue weighted by Gasteiger charge is -2.45. The van der Waals surface area contributed by atoms with E-state index in [4.69, 9.17) is 9.47 Å². The Morgan fingerprint density at radius 2 is 2.00 bits per heavy atom. The second-order valence-corrected chi connectivity index (χ2v) is 6.09. The van der Waals surface area contributed by atoms with Gasteiger partial charge in [0, 0.05) is 18.0 Å². The van der Waals surface area contributed by atoms with Crippen LogP contribution in [-0.2, 0) is 14.9 Å². The number of hydrogen-bond acceptors (Lipinski definition) is 4. The standard InChI is InChI=1S/C16H22O4/c1-15(2)11-16(8-9-20-15,10-14(17)18)12-4-6-13(19-3)7-5-12/h4-7H,8-11H2,1-3H3,(H,17,18)/p-1. The molecule has 0 aromatic heterocycles. The molecule has 1 aliphatic rings. The van der Waals surface area contributed by atoms with E-state index in [2.05, 4.69) is 0 Å². The summed E-state index contributed by atoms with van der Waals surface area (Å²) in [4.78, 5) is 11.2. The summed E-state index contributed by atoms with van der Waals surface area (Å²) >= 11 is 0. The highest BCUT2D eigenvalue weighted by Gasteiger charge is 2.42. The summed E-state index contributed by atoms with van der Waals surface area (Å²) in [6, 6.07) is 7.63. The third kappa shape index (κ3) is 3.12. The van der Waals surface area contributed by atoms with Crippen LogP contribution in [0.2, 0.25) is 0 Å². The van der Waals surface area contributed by atoms with Gasteiger partial charge < -0.3 is 19.4 Å². The Bertz CT molecular complexity index is 478. The van der Waals surface area contributed by atoms with Crippen molar-refractivity contribution in [2.24, 2.45) is 0 Å². The molecular weight excluding hydrogens is 256 g/mol. The van der Waals surface area contributed by atoms with Crippen molar-refractivity contribution in [2.45, 2.75) is 44.1 Å². The minimum Gasteiger partial charge on any atom is -0.550 e. The van der Waals surface area contributed by atoms with Crippen molar-refractivity contribution < 1.29 is 19.4 Å². The first-order chi connectivity index (χ1) is 9.37. The quantitative estimate of drug-likeness (QED) is 0.840.